The van der Waals surface area contributed by atoms with Crippen LogP contribution < -0.4 is 0 Å². The first-order valence-corrected chi connectivity index (χ1v) is 6.02. The molecule has 0 radical (unpaired) electrons. The Morgan fingerprint density at radius 3 is 2.43 bits per heavy atom. The van der Waals surface area contributed by atoms with Crippen LogP contribution in [0.4, 0.5) is 0 Å². The zero-order valence-electron chi connectivity index (χ0n) is 8.74. The SMILES string of the molecule is O=C(O)C1CCCC2CCCCCC21. The molecule has 0 aromatic heterocycles. The van der Waals surface area contributed by atoms with Crippen molar-refractivity contribution in [3.05, 3.63) is 0 Å². The summed E-state index contributed by atoms with van der Waals surface area (Å²) in [6, 6.07) is 0. The van der Waals surface area contributed by atoms with Crippen molar-refractivity contribution < 1.29 is 9.90 Å². The van der Waals surface area contributed by atoms with Crippen LogP contribution in [0.5, 0.6) is 0 Å². The summed E-state index contributed by atoms with van der Waals surface area (Å²) in [7, 11) is 0. The maximum Gasteiger partial charge on any atom is 0.306 e. The quantitative estimate of drug-likeness (QED) is 0.699. The molecular formula is C12H20O2. The second-order valence-corrected chi connectivity index (χ2v) is 4.94. The van der Waals surface area contributed by atoms with Gasteiger partial charge in [-0.2, -0.15) is 0 Å². The molecule has 80 valence electrons. The largest absolute Gasteiger partial charge is 0.481 e. The minimum Gasteiger partial charge on any atom is -0.481 e. The van der Waals surface area contributed by atoms with Crippen LogP contribution in [0.1, 0.15) is 51.4 Å². The third kappa shape index (κ3) is 1.94. The van der Waals surface area contributed by atoms with Crippen LogP contribution in [0, 0.1) is 17.8 Å². The van der Waals surface area contributed by atoms with Crippen molar-refractivity contribution in [2.24, 2.45) is 17.8 Å². The Morgan fingerprint density at radius 2 is 1.64 bits per heavy atom. The lowest BCUT2D eigenvalue weighted by atomic mass is 9.70. The second kappa shape index (κ2) is 4.33. The smallest absolute Gasteiger partial charge is 0.306 e. The monoisotopic (exact) mass is 196 g/mol. The molecule has 2 aliphatic carbocycles. The van der Waals surface area contributed by atoms with Gasteiger partial charge in [-0.15, -0.1) is 0 Å². The molecule has 0 saturated heterocycles. The van der Waals surface area contributed by atoms with Crippen molar-refractivity contribution in [1.29, 1.82) is 0 Å². The lowest BCUT2D eigenvalue weighted by molar-refractivity contribution is -0.146. The van der Waals surface area contributed by atoms with E-state index < -0.39 is 5.97 Å². The topological polar surface area (TPSA) is 37.3 Å². The van der Waals surface area contributed by atoms with Gasteiger partial charge in [-0.3, -0.25) is 4.79 Å². The Labute approximate surface area is 85.7 Å². The highest BCUT2D eigenvalue weighted by molar-refractivity contribution is 5.70. The summed E-state index contributed by atoms with van der Waals surface area (Å²) in [5, 5.41) is 9.17. The third-order valence-corrected chi connectivity index (χ3v) is 4.14. The lowest BCUT2D eigenvalue weighted by Gasteiger charge is -2.35. The molecule has 14 heavy (non-hydrogen) atoms. The molecule has 0 spiro atoms. The Balaban J connectivity index is 2.08. The summed E-state index contributed by atoms with van der Waals surface area (Å²) in [4.78, 5) is 11.1. The predicted molar refractivity (Wildman–Crippen MR) is 55.0 cm³/mol. The van der Waals surface area contributed by atoms with Gasteiger partial charge < -0.3 is 5.11 Å². The summed E-state index contributed by atoms with van der Waals surface area (Å²) >= 11 is 0. The van der Waals surface area contributed by atoms with Crippen LogP contribution in [0.15, 0.2) is 0 Å². The summed E-state index contributed by atoms with van der Waals surface area (Å²) in [5.41, 5.74) is 0. The average molecular weight is 196 g/mol. The van der Waals surface area contributed by atoms with Gasteiger partial charge in [0, 0.05) is 0 Å². The molecule has 3 atom stereocenters. The normalized spacial score (nSPS) is 38.4. The van der Waals surface area contributed by atoms with E-state index in [0.29, 0.717) is 5.92 Å². The van der Waals surface area contributed by atoms with Crippen LogP contribution in [0.25, 0.3) is 0 Å². The highest BCUT2D eigenvalue weighted by Gasteiger charge is 2.37. The molecule has 2 nitrogen and oxygen atoms in total. The first-order chi connectivity index (χ1) is 6.79. The maximum absolute atomic E-state index is 11.1. The van der Waals surface area contributed by atoms with E-state index in [4.69, 9.17) is 5.11 Å². The fraction of sp³-hybridized carbons (Fsp3) is 0.917. The van der Waals surface area contributed by atoms with E-state index in [1.165, 1.54) is 38.5 Å². The first kappa shape index (κ1) is 10.0. The molecular weight excluding hydrogens is 176 g/mol. The number of aliphatic carboxylic acids is 1. The molecule has 0 heterocycles. The van der Waals surface area contributed by atoms with Gasteiger partial charge in [-0.25, -0.2) is 0 Å². The third-order valence-electron chi connectivity index (χ3n) is 4.14. The zero-order chi connectivity index (χ0) is 9.97. The molecule has 2 heteroatoms. The first-order valence-electron chi connectivity index (χ1n) is 6.02. The standard InChI is InChI=1S/C12H20O2/c13-12(14)11-8-4-6-9-5-2-1-3-7-10(9)11/h9-11H,1-8H2,(H,13,14). The summed E-state index contributed by atoms with van der Waals surface area (Å²) in [6.07, 6.45) is 9.71. The number of carboxylic acid groups (broad SMARTS) is 1. The average Bonchev–Trinajstić information content (AvgIpc) is 2.41. The highest BCUT2D eigenvalue weighted by atomic mass is 16.4. The van der Waals surface area contributed by atoms with Gasteiger partial charge >= 0.3 is 5.97 Å². The minimum absolute atomic E-state index is 0.0214. The fourth-order valence-corrected chi connectivity index (χ4v) is 3.42. The number of hydrogen-bond donors (Lipinski definition) is 1. The molecule has 0 aliphatic heterocycles. The number of carboxylic acids is 1. The van der Waals surface area contributed by atoms with Crippen molar-refractivity contribution in [3.63, 3.8) is 0 Å². The number of fused-ring (bicyclic) bond motifs is 1. The number of carbonyl (C=O) groups is 1. The van der Waals surface area contributed by atoms with Gasteiger partial charge in [0.05, 0.1) is 5.92 Å². The van der Waals surface area contributed by atoms with Crippen LogP contribution in [0.3, 0.4) is 0 Å². The van der Waals surface area contributed by atoms with Gasteiger partial charge in [0.2, 0.25) is 0 Å². The summed E-state index contributed by atoms with van der Waals surface area (Å²) in [5.74, 6) is 0.671. The second-order valence-electron chi connectivity index (χ2n) is 4.94. The number of rotatable bonds is 1. The van der Waals surface area contributed by atoms with Crippen molar-refractivity contribution in [1.82, 2.24) is 0 Å². The van der Waals surface area contributed by atoms with Crippen molar-refractivity contribution >= 4 is 5.97 Å². The summed E-state index contributed by atoms with van der Waals surface area (Å²) < 4.78 is 0. The van der Waals surface area contributed by atoms with E-state index in [1.807, 2.05) is 0 Å². The Hall–Kier alpha value is -0.530. The van der Waals surface area contributed by atoms with Crippen molar-refractivity contribution in [2.45, 2.75) is 51.4 Å². The molecule has 0 aromatic rings. The van der Waals surface area contributed by atoms with Crippen LogP contribution >= 0.6 is 0 Å². The summed E-state index contributed by atoms with van der Waals surface area (Å²) in [6.45, 7) is 0. The minimum atomic E-state index is -0.540. The van der Waals surface area contributed by atoms with E-state index in [2.05, 4.69) is 0 Å². The highest BCUT2D eigenvalue weighted by Crippen LogP contribution is 2.42. The molecule has 2 saturated carbocycles. The maximum atomic E-state index is 11.1. The van der Waals surface area contributed by atoms with Crippen molar-refractivity contribution in [2.75, 3.05) is 0 Å². The van der Waals surface area contributed by atoms with E-state index in [1.54, 1.807) is 0 Å². The van der Waals surface area contributed by atoms with Gasteiger partial charge in [-0.05, 0) is 24.7 Å². The molecule has 0 amide bonds. The molecule has 2 aliphatic rings. The Kier molecular flexibility index (Phi) is 3.09. The van der Waals surface area contributed by atoms with Gasteiger partial charge in [0.25, 0.3) is 0 Å². The number of hydrogen-bond acceptors (Lipinski definition) is 1. The van der Waals surface area contributed by atoms with E-state index in [0.717, 1.165) is 18.8 Å². The molecule has 2 fully saturated rings. The van der Waals surface area contributed by atoms with Crippen LogP contribution in [-0.2, 0) is 4.79 Å². The fourth-order valence-electron chi connectivity index (χ4n) is 3.42. The van der Waals surface area contributed by atoms with Gasteiger partial charge in [0.1, 0.15) is 0 Å². The molecule has 3 unspecified atom stereocenters. The van der Waals surface area contributed by atoms with Gasteiger partial charge in [-0.1, -0.05) is 38.5 Å². The molecule has 1 N–H and O–H groups in total. The molecule has 0 bridgehead atoms. The molecule has 0 aromatic carbocycles. The van der Waals surface area contributed by atoms with Crippen molar-refractivity contribution in [3.8, 4) is 0 Å². The molecule has 2 rings (SSSR count). The van der Waals surface area contributed by atoms with E-state index in [9.17, 15) is 4.79 Å². The van der Waals surface area contributed by atoms with E-state index in [-0.39, 0.29) is 5.92 Å². The van der Waals surface area contributed by atoms with Crippen LogP contribution in [-0.4, -0.2) is 11.1 Å². The Morgan fingerprint density at radius 1 is 0.929 bits per heavy atom. The predicted octanol–water partition coefficient (Wildman–Crippen LogP) is 3.07. The lowest BCUT2D eigenvalue weighted by Crippen LogP contribution is -2.32. The zero-order valence-corrected chi connectivity index (χ0v) is 8.74. The van der Waals surface area contributed by atoms with Gasteiger partial charge in [0.15, 0.2) is 0 Å². The Bertz CT molecular complexity index is 212. The van der Waals surface area contributed by atoms with Crippen LogP contribution in [0.2, 0.25) is 0 Å². The van der Waals surface area contributed by atoms with E-state index >= 15 is 0 Å².